The standard InChI is InChI=1S/C38H53N7O4/c1-25(2)17-33(36(47)42-32(15-9-10-16-39)38(49)45-23-29-18-28(22-40)19-30(29)24-45)44-37(48)34(21-27-13-7-4-8-14-27)43-35(46)31(41)20-26-11-5-3-6-12-26/h3-8,11-14,25,28-34H,9-10,15-21,23-24,39,41H2,1-2H3,(H,42,47)(H,43,46)(H,44,48). The predicted molar refractivity (Wildman–Crippen MR) is 188 cm³/mol. The lowest BCUT2D eigenvalue weighted by atomic mass is 9.99. The van der Waals surface area contributed by atoms with Gasteiger partial charge in [0.1, 0.15) is 18.1 Å². The third kappa shape index (κ3) is 11.1. The molecule has 4 rings (SSSR count). The van der Waals surface area contributed by atoms with Crippen molar-refractivity contribution in [3.05, 3.63) is 71.8 Å². The summed E-state index contributed by atoms with van der Waals surface area (Å²) in [6.45, 7) is 5.57. The lowest BCUT2D eigenvalue weighted by Gasteiger charge is -2.29. The molecule has 11 nitrogen and oxygen atoms in total. The zero-order valence-electron chi connectivity index (χ0n) is 28.9. The van der Waals surface area contributed by atoms with Crippen LogP contribution in [0.3, 0.4) is 0 Å². The number of carbonyl (C=O) groups excluding carboxylic acids is 4. The maximum Gasteiger partial charge on any atom is 0.245 e. The first-order chi connectivity index (χ1) is 23.6. The summed E-state index contributed by atoms with van der Waals surface area (Å²) >= 11 is 0. The minimum Gasteiger partial charge on any atom is -0.343 e. The first-order valence-electron chi connectivity index (χ1n) is 17.7. The number of nitriles is 1. The Bertz CT molecular complexity index is 1420. The van der Waals surface area contributed by atoms with E-state index in [0.29, 0.717) is 63.6 Å². The van der Waals surface area contributed by atoms with Crippen LogP contribution in [-0.2, 0) is 32.0 Å². The molecular formula is C38H53N7O4. The first kappa shape index (κ1) is 37.5. The van der Waals surface area contributed by atoms with E-state index in [1.165, 1.54) is 0 Å². The largest absolute Gasteiger partial charge is 0.343 e. The van der Waals surface area contributed by atoms with Gasteiger partial charge in [0.2, 0.25) is 23.6 Å². The topological polar surface area (TPSA) is 183 Å². The van der Waals surface area contributed by atoms with Gasteiger partial charge in [-0.1, -0.05) is 74.5 Å². The minimum absolute atomic E-state index is 0.0443. The molecule has 0 bridgehead atoms. The van der Waals surface area contributed by atoms with Crippen LogP contribution in [0.15, 0.2) is 60.7 Å². The fraction of sp³-hybridized carbons (Fsp3) is 0.553. The van der Waals surface area contributed by atoms with E-state index < -0.39 is 41.9 Å². The molecule has 2 aliphatic rings. The second-order valence-electron chi connectivity index (χ2n) is 14.1. The number of hydrogen-bond donors (Lipinski definition) is 5. The van der Waals surface area contributed by atoms with Crippen LogP contribution >= 0.6 is 0 Å². The molecule has 1 saturated carbocycles. The van der Waals surface area contributed by atoms with Crippen molar-refractivity contribution >= 4 is 23.6 Å². The number of amides is 4. The SMILES string of the molecule is CC(C)CC(NC(=O)C(Cc1ccccc1)NC(=O)C(N)Cc1ccccc1)C(=O)NC(CCCCN)C(=O)N1CC2CC(C#N)CC2C1. The molecule has 6 atom stereocenters. The van der Waals surface area contributed by atoms with Crippen molar-refractivity contribution in [1.82, 2.24) is 20.9 Å². The average Bonchev–Trinajstić information content (AvgIpc) is 3.67. The zero-order chi connectivity index (χ0) is 35.3. The quantitative estimate of drug-likeness (QED) is 0.160. The van der Waals surface area contributed by atoms with E-state index >= 15 is 0 Å². The normalized spacial score (nSPS) is 20.8. The van der Waals surface area contributed by atoms with Gasteiger partial charge in [-0.25, -0.2) is 0 Å². The number of benzene rings is 2. The summed E-state index contributed by atoms with van der Waals surface area (Å²) in [5.74, 6) is -0.842. The van der Waals surface area contributed by atoms with Gasteiger partial charge in [-0.15, -0.1) is 0 Å². The van der Waals surface area contributed by atoms with Gasteiger partial charge in [0.25, 0.3) is 0 Å². The molecule has 49 heavy (non-hydrogen) atoms. The van der Waals surface area contributed by atoms with Crippen molar-refractivity contribution in [2.24, 2.45) is 35.1 Å². The molecule has 2 fully saturated rings. The highest BCUT2D eigenvalue weighted by molar-refractivity contribution is 5.95. The second-order valence-corrected chi connectivity index (χ2v) is 14.1. The number of carbonyl (C=O) groups is 4. The van der Waals surface area contributed by atoms with Crippen molar-refractivity contribution < 1.29 is 19.2 Å². The van der Waals surface area contributed by atoms with E-state index in [1.54, 1.807) is 0 Å². The number of nitrogens with two attached hydrogens (primary N) is 2. The molecule has 4 amide bonds. The molecule has 0 aromatic heterocycles. The van der Waals surface area contributed by atoms with Gasteiger partial charge >= 0.3 is 0 Å². The molecule has 0 radical (unpaired) electrons. The third-order valence-corrected chi connectivity index (χ3v) is 9.70. The maximum absolute atomic E-state index is 13.9. The molecule has 1 aliphatic heterocycles. The summed E-state index contributed by atoms with van der Waals surface area (Å²) in [6.07, 6.45) is 4.27. The molecule has 2 aromatic carbocycles. The van der Waals surface area contributed by atoms with Gasteiger partial charge in [-0.3, -0.25) is 19.2 Å². The monoisotopic (exact) mass is 671 g/mol. The molecule has 0 spiro atoms. The van der Waals surface area contributed by atoms with Crippen molar-refractivity contribution in [1.29, 1.82) is 5.26 Å². The second kappa shape index (κ2) is 18.5. The summed E-state index contributed by atoms with van der Waals surface area (Å²) < 4.78 is 0. The van der Waals surface area contributed by atoms with E-state index in [0.717, 1.165) is 24.0 Å². The summed E-state index contributed by atoms with van der Waals surface area (Å²) in [5, 5.41) is 18.1. The Morgan fingerprint density at radius 3 is 1.88 bits per heavy atom. The van der Waals surface area contributed by atoms with Crippen molar-refractivity contribution in [3.63, 3.8) is 0 Å². The molecular weight excluding hydrogens is 618 g/mol. The molecule has 2 aromatic rings. The highest BCUT2D eigenvalue weighted by atomic mass is 16.2. The smallest absolute Gasteiger partial charge is 0.245 e. The van der Waals surface area contributed by atoms with E-state index in [2.05, 4.69) is 22.0 Å². The van der Waals surface area contributed by atoms with Crippen molar-refractivity contribution in [2.75, 3.05) is 19.6 Å². The minimum atomic E-state index is -0.984. The lowest BCUT2D eigenvalue weighted by Crippen LogP contribution is -2.58. The molecule has 7 N–H and O–H groups in total. The summed E-state index contributed by atoms with van der Waals surface area (Å²) in [4.78, 5) is 56.7. The Balaban J connectivity index is 1.46. The lowest BCUT2D eigenvalue weighted by molar-refractivity contribution is -0.137. The highest BCUT2D eigenvalue weighted by Gasteiger charge is 2.44. The molecule has 1 aliphatic carbocycles. The summed E-state index contributed by atoms with van der Waals surface area (Å²) in [6, 6.07) is 17.6. The van der Waals surface area contributed by atoms with E-state index in [-0.39, 0.29) is 24.2 Å². The van der Waals surface area contributed by atoms with Crippen LogP contribution in [0.4, 0.5) is 0 Å². The highest BCUT2D eigenvalue weighted by Crippen LogP contribution is 2.41. The third-order valence-electron chi connectivity index (χ3n) is 9.70. The summed E-state index contributed by atoms with van der Waals surface area (Å²) in [5.41, 5.74) is 13.8. The Morgan fingerprint density at radius 2 is 1.33 bits per heavy atom. The molecule has 264 valence electrons. The molecule has 6 unspecified atom stereocenters. The number of unbranched alkanes of at least 4 members (excludes halogenated alkanes) is 1. The van der Waals surface area contributed by atoms with Gasteiger partial charge < -0.3 is 32.3 Å². The van der Waals surface area contributed by atoms with Crippen molar-refractivity contribution in [3.8, 4) is 6.07 Å². The van der Waals surface area contributed by atoms with Crippen LogP contribution < -0.4 is 27.4 Å². The number of nitrogens with zero attached hydrogens (tertiary/aromatic N) is 2. The van der Waals surface area contributed by atoms with Gasteiger partial charge in [0, 0.05) is 25.4 Å². The fourth-order valence-electron chi connectivity index (χ4n) is 7.10. The van der Waals surface area contributed by atoms with E-state index in [4.69, 9.17) is 11.5 Å². The fourth-order valence-corrected chi connectivity index (χ4v) is 7.10. The molecule has 1 saturated heterocycles. The van der Waals surface area contributed by atoms with E-state index in [1.807, 2.05) is 79.4 Å². The van der Waals surface area contributed by atoms with Gasteiger partial charge in [-0.05, 0) is 80.4 Å². The van der Waals surface area contributed by atoms with Crippen LogP contribution in [0.2, 0.25) is 0 Å². The molecule has 1 heterocycles. The Labute approximate surface area is 290 Å². The van der Waals surface area contributed by atoms with Crippen molar-refractivity contribution in [2.45, 2.75) is 89.4 Å². The van der Waals surface area contributed by atoms with Crippen LogP contribution in [0.5, 0.6) is 0 Å². The first-order valence-corrected chi connectivity index (χ1v) is 17.7. The van der Waals surface area contributed by atoms with E-state index in [9.17, 15) is 24.4 Å². The van der Waals surface area contributed by atoms with Crippen LogP contribution in [-0.4, -0.2) is 72.3 Å². The number of likely N-dealkylation sites (tertiary alicyclic amines) is 1. The average molecular weight is 672 g/mol. The Hall–Kier alpha value is -4.27. The predicted octanol–water partition coefficient (Wildman–Crippen LogP) is 2.44. The number of hydrogen-bond acceptors (Lipinski definition) is 7. The van der Waals surface area contributed by atoms with Crippen LogP contribution in [0, 0.1) is 35.0 Å². The number of fused-ring (bicyclic) bond motifs is 1. The van der Waals surface area contributed by atoms with Gasteiger partial charge in [0.15, 0.2) is 0 Å². The Morgan fingerprint density at radius 1 is 0.796 bits per heavy atom. The van der Waals surface area contributed by atoms with Crippen LogP contribution in [0.25, 0.3) is 0 Å². The zero-order valence-corrected chi connectivity index (χ0v) is 28.9. The number of rotatable bonds is 17. The Kier molecular flexibility index (Phi) is 14.2. The summed E-state index contributed by atoms with van der Waals surface area (Å²) in [7, 11) is 0. The number of nitrogens with one attached hydrogen (secondary N) is 3. The van der Waals surface area contributed by atoms with Gasteiger partial charge in [-0.2, -0.15) is 5.26 Å². The maximum atomic E-state index is 13.9. The van der Waals surface area contributed by atoms with Gasteiger partial charge in [0.05, 0.1) is 12.1 Å². The van der Waals surface area contributed by atoms with Crippen LogP contribution in [0.1, 0.15) is 63.5 Å². The molecule has 11 heteroatoms.